The number of amides is 1. The molecule has 0 bridgehead atoms. The largest absolute Gasteiger partial charge is 0.336 e. The number of aldehydes is 1. The van der Waals surface area contributed by atoms with Crippen LogP contribution < -0.4 is 10.6 Å². The second-order valence-electron chi connectivity index (χ2n) is 10.1. The normalized spacial score (nSPS) is 10.7. The molecule has 0 aliphatic heterocycles. The number of carbonyl (C=O) groups excluding carboxylic acids is 2. The molecule has 0 spiro atoms. The number of halogens is 1. The Labute approximate surface area is 249 Å². The maximum Gasteiger partial charge on any atom is 0.290 e. The van der Waals surface area contributed by atoms with E-state index in [1.54, 1.807) is 25.4 Å². The van der Waals surface area contributed by atoms with Gasteiger partial charge in [0.15, 0.2) is 11.5 Å². The van der Waals surface area contributed by atoms with Gasteiger partial charge in [0.05, 0.1) is 5.52 Å². The number of nitrogens with zero attached hydrogens (tertiary/aromatic N) is 4. The van der Waals surface area contributed by atoms with Gasteiger partial charge in [-0.1, -0.05) is 70.6 Å². The number of benzene rings is 2. The third kappa shape index (κ3) is 8.26. The van der Waals surface area contributed by atoms with Crippen LogP contribution in [-0.4, -0.2) is 44.3 Å². The summed E-state index contributed by atoms with van der Waals surface area (Å²) in [6, 6.07) is 14.3. The van der Waals surface area contributed by atoms with E-state index in [4.69, 9.17) is 0 Å². The Morgan fingerprint density at radius 1 is 1.09 bits per heavy atom. The zero-order chi connectivity index (χ0) is 31.6. The molecule has 0 aliphatic carbocycles. The van der Waals surface area contributed by atoms with Crippen molar-refractivity contribution in [3.8, 4) is 22.5 Å². The molecule has 3 aromatic heterocycles. The minimum Gasteiger partial charge on any atom is -0.336 e. The van der Waals surface area contributed by atoms with Crippen LogP contribution >= 0.6 is 0 Å². The van der Waals surface area contributed by atoms with Gasteiger partial charge in [-0.2, -0.15) is 4.98 Å². The lowest BCUT2D eigenvalue weighted by Crippen LogP contribution is -2.13. The summed E-state index contributed by atoms with van der Waals surface area (Å²) in [5.74, 6) is 0.642. The number of anilines is 1. The fourth-order valence-corrected chi connectivity index (χ4v) is 3.86. The van der Waals surface area contributed by atoms with E-state index in [0.29, 0.717) is 46.9 Å². The van der Waals surface area contributed by atoms with Gasteiger partial charge in [0.1, 0.15) is 11.6 Å². The predicted octanol–water partition coefficient (Wildman–Crippen LogP) is 6.48. The molecular formula is C32H36FN7O3. The molecule has 5 aromatic rings. The second kappa shape index (κ2) is 14.7. The second-order valence-corrected chi connectivity index (χ2v) is 10.1. The summed E-state index contributed by atoms with van der Waals surface area (Å²) in [6.45, 7) is 13.8. The van der Waals surface area contributed by atoms with Gasteiger partial charge < -0.3 is 20.1 Å². The van der Waals surface area contributed by atoms with Crippen LogP contribution in [0, 0.1) is 5.82 Å². The first-order chi connectivity index (χ1) is 20.6. The summed E-state index contributed by atoms with van der Waals surface area (Å²) in [5, 5.41) is 9.33. The predicted molar refractivity (Wildman–Crippen MR) is 166 cm³/mol. The Balaban J connectivity index is 0.000000327. The van der Waals surface area contributed by atoms with Crippen LogP contribution in [0.15, 0.2) is 71.9 Å². The van der Waals surface area contributed by atoms with Crippen molar-refractivity contribution in [2.75, 3.05) is 12.4 Å². The van der Waals surface area contributed by atoms with E-state index in [0.717, 1.165) is 16.7 Å². The molecule has 0 radical (unpaired) electrons. The molecule has 0 unspecified atom stereocenters. The summed E-state index contributed by atoms with van der Waals surface area (Å²) in [6.07, 6.45) is 3.41. The molecule has 43 heavy (non-hydrogen) atoms. The van der Waals surface area contributed by atoms with Crippen LogP contribution in [0.25, 0.3) is 33.7 Å². The van der Waals surface area contributed by atoms with Crippen LogP contribution in [0.2, 0.25) is 0 Å². The molecule has 5 rings (SSSR count). The van der Waals surface area contributed by atoms with Gasteiger partial charge in [-0.15, -0.1) is 0 Å². The third-order valence-electron chi connectivity index (χ3n) is 5.93. The quantitative estimate of drug-likeness (QED) is 0.146. The molecule has 0 saturated carbocycles. The minimum absolute atomic E-state index is 0.0370. The summed E-state index contributed by atoms with van der Waals surface area (Å²) in [7, 11) is 1.78. The van der Waals surface area contributed by atoms with Crippen molar-refractivity contribution in [1.82, 2.24) is 30.4 Å². The molecule has 0 fully saturated rings. The van der Waals surface area contributed by atoms with Gasteiger partial charge in [-0.05, 0) is 43.0 Å². The maximum atomic E-state index is 14.4. The lowest BCUT2D eigenvalue weighted by atomic mass is 9.96. The van der Waals surface area contributed by atoms with Crippen molar-refractivity contribution in [2.45, 2.75) is 46.6 Å². The summed E-state index contributed by atoms with van der Waals surface area (Å²) in [4.78, 5) is 37.8. The van der Waals surface area contributed by atoms with Crippen molar-refractivity contribution in [2.24, 2.45) is 0 Å². The van der Waals surface area contributed by atoms with Gasteiger partial charge in [-0.25, -0.2) is 14.4 Å². The maximum absolute atomic E-state index is 14.4. The van der Waals surface area contributed by atoms with E-state index in [1.807, 2.05) is 65.0 Å². The Morgan fingerprint density at radius 3 is 2.47 bits per heavy atom. The fraction of sp³-hybridized carbons (Fsp3) is 0.250. The highest BCUT2D eigenvalue weighted by atomic mass is 19.1. The van der Waals surface area contributed by atoms with Crippen molar-refractivity contribution in [3.05, 3.63) is 90.5 Å². The Kier molecular flexibility index (Phi) is 11.1. The smallest absolute Gasteiger partial charge is 0.290 e. The van der Waals surface area contributed by atoms with Gasteiger partial charge >= 0.3 is 0 Å². The summed E-state index contributed by atoms with van der Waals surface area (Å²) >= 11 is 0. The monoisotopic (exact) mass is 585 g/mol. The van der Waals surface area contributed by atoms with E-state index in [-0.39, 0.29) is 23.0 Å². The first-order valence-electron chi connectivity index (χ1n) is 13.7. The first kappa shape index (κ1) is 32.5. The SMILES string of the molecule is C=CC(=O)Nc1cccc(-c2nc3nccc(-c4ccc(CNC)c(F)c4)c3[nH]2)c1.CC.CC(C)(C)c1noc(C=O)n1. The van der Waals surface area contributed by atoms with Crippen LogP contribution in [0.4, 0.5) is 10.1 Å². The number of fused-ring (bicyclic) bond motifs is 1. The molecule has 10 nitrogen and oxygen atoms in total. The van der Waals surface area contributed by atoms with Crippen LogP contribution in [0.5, 0.6) is 0 Å². The van der Waals surface area contributed by atoms with E-state index in [1.165, 1.54) is 12.1 Å². The highest BCUT2D eigenvalue weighted by Crippen LogP contribution is 2.30. The van der Waals surface area contributed by atoms with Crippen LogP contribution in [0.1, 0.15) is 56.7 Å². The number of hydrogen-bond donors (Lipinski definition) is 3. The standard InChI is InChI=1S/C23H20FN5O.C7H10N2O2.C2H6/c1-3-20(30)27-17-6-4-5-15(11-17)22-28-21-18(9-10-26-23(21)29-22)14-7-8-16(13-25-2)19(24)12-14;1-7(2,3)6-8-5(4-10)11-9-6;1-2/h3-12,25H,1,13H2,2H3,(H,27,30)(H,26,28,29);4H,1-3H3;1-2H3. The van der Waals surface area contributed by atoms with Crippen molar-refractivity contribution >= 4 is 29.0 Å². The van der Waals surface area contributed by atoms with Crippen molar-refractivity contribution < 1.29 is 18.5 Å². The number of carbonyl (C=O) groups is 2. The van der Waals surface area contributed by atoms with Crippen molar-refractivity contribution in [1.29, 1.82) is 0 Å². The summed E-state index contributed by atoms with van der Waals surface area (Å²) in [5.41, 5.74) is 4.66. The number of rotatable bonds is 7. The highest BCUT2D eigenvalue weighted by molar-refractivity contribution is 5.99. The molecular weight excluding hydrogens is 549 g/mol. The molecule has 2 aromatic carbocycles. The van der Waals surface area contributed by atoms with E-state index in [9.17, 15) is 14.0 Å². The molecule has 224 valence electrons. The van der Waals surface area contributed by atoms with Gasteiger partial charge in [0, 0.05) is 40.5 Å². The van der Waals surface area contributed by atoms with Gasteiger partial charge in [0.25, 0.3) is 5.89 Å². The van der Waals surface area contributed by atoms with Gasteiger partial charge in [0.2, 0.25) is 12.2 Å². The lowest BCUT2D eigenvalue weighted by molar-refractivity contribution is -0.111. The van der Waals surface area contributed by atoms with E-state index < -0.39 is 0 Å². The molecule has 0 saturated heterocycles. The Bertz CT molecular complexity index is 1700. The average Bonchev–Trinajstić information content (AvgIpc) is 3.68. The number of pyridine rings is 1. The van der Waals surface area contributed by atoms with Gasteiger partial charge in [-0.3, -0.25) is 9.59 Å². The minimum atomic E-state index is -0.288. The molecule has 11 heteroatoms. The van der Waals surface area contributed by atoms with Crippen LogP contribution in [0.3, 0.4) is 0 Å². The number of hydrogen-bond acceptors (Lipinski definition) is 8. The van der Waals surface area contributed by atoms with E-state index >= 15 is 0 Å². The van der Waals surface area contributed by atoms with Crippen LogP contribution in [-0.2, 0) is 16.8 Å². The number of H-pyrrole nitrogens is 1. The number of aromatic amines is 1. The number of imidazole rings is 1. The molecule has 3 N–H and O–H groups in total. The van der Waals surface area contributed by atoms with Crippen molar-refractivity contribution in [3.63, 3.8) is 0 Å². The Hall–Kier alpha value is -5.03. The lowest BCUT2D eigenvalue weighted by Gasteiger charge is -2.10. The third-order valence-corrected chi connectivity index (χ3v) is 5.93. The Morgan fingerprint density at radius 2 is 1.86 bits per heavy atom. The summed E-state index contributed by atoms with van der Waals surface area (Å²) < 4.78 is 19.1. The van der Waals surface area contributed by atoms with E-state index in [2.05, 4.69) is 46.8 Å². The number of nitrogens with one attached hydrogen (secondary N) is 3. The molecule has 0 aliphatic rings. The number of aromatic nitrogens is 5. The molecule has 3 heterocycles. The topological polar surface area (TPSA) is 139 Å². The average molecular weight is 586 g/mol. The molecule has 1 amide bonds. The highest BCUT2D eigenvalue weighted by Gasteiger charge is 2.20. The first-order valence-corrected chi connectivity index (χ1v) is 13.7. The fourth-order valence-electron chi connectivity index (χ4n) is 3.86. The molecule has 0 atom stereocenters. The zero-order valence-corrected chi connectivity index (χ0v) is 25.2. The zero-order valence-electron chi connectivity index (χ0n) is 25.2.